The minimum Gasteiger partial charge on any atom is -0.759 e. The van der Waals surface area contributed by atoms with Crippen molar-refractivity contribution in [1.82, 2.24) is 0 Å². The van der Waals surface area contributed by atoms with E-state index >= 15 is 0 Å². The van der Waals surface area contributed by atoms with Crippen LogP contribution in [0.4, 0.5) is 0 Å². The van der Waals surface area contributed by atoms with Gasteiger partial charge >= 0.3 is 0 Å². The zero-order chi connectivity index (χ0) is 17.7. The van der Waals surface area contributed by atoms with Crippen molar-refractivity contribution < 1.29 is 26.5 Å². The first kappa shape index (κ1) is 25.7. The van der Waals surface area contributed by atoms with Gasteiger partial charge in [0.05, 0.1) is 53.4 Å². The number of rotatable bonds is 6. The maximum atomic E-state index is 8.52. The summed E-state index contributed by atoms with van der Waals surface area (Å²) in [5, 5.41) is 0. The van der Waals surface area contributed by atoms with Crippen molar-refractivity contribution in [1.29, 1.82) is 0 Å². The van der Waals surface area contributed by atoms with Crippen molar-refractivity contribution in [3.63, 3.8) is 0 Å². The van der Waals surface area contributed by atoms with Gasteiger partial charge in [0, 0.05) is 10.4 Å². The first-order valence-corrected chi connectivity index (χ1v) is 9.03. The van der Waals surface area contributed by atoms with Gasteiger partial charge in [-0.25, -0.2) is 0 Å². The predicted octanol–water partition coefficient (Wildman–Crippen LogP) is 1.65. The highest BCUT2D eigenvalue weighted by molar-refractivity contribution is 7.79. The molecule has 0 heterocycles. The van der Waals surface area contributed by atoms with Gasteiger partial charge in [0.25, 0.3) is 0 Å². The molecule has 0 bridgehead atoms. The molecule has 0 unspecified atom stereocenters. The quantitative estimate of drug-likeness (QED) is 0.422. The molecule has 0 radical (unpaired) electrons. The second-order valence-electron chi connectivity index (χ2n) is 5.54. The molecular formula is C14H36N2O4S. The highest BCUT2D eigenvalue weighted by Crippen LogP contribution is 1.98. The van der Waals surface area contributed by atoms with Crippen LogP contribution in [-0.4, -0.2) is 79.9 Å². The Morgan fingerprint density at radius 2 is 0.714 bits per heavy atom. The van der Waals surface area contributed by atoms with E-state index in [0.717, 1.165) is 0 Å². The van der Waals surface area contributed by atoms with Gasteiger partial charge in [-0.2, -0.15) is 0 Å². The van der Waals surface area contributed by atoms with Gasteiger partial charge in [0.1, 0.15) is 0 Å². The first-order valence-electron chi connectivity index (χ1n) is 7.70. The molecule has 6 nitrogen and oxygen atoms in total. The minimum absolute atomic E-state index is 1.21. The van der Waals surface area contributed by atoms with Gasteiger partial charge in [-0.05, 0) is 41.5 Å². The lowest BCUT2D eigenvalue weighted by molar-refractivity contribution is -0.904. The molecule has 132 valence electrons. The Bertz CT molecular complexity index is 281. The summed E-state index contributed by atoms with van der Waals surface area (Å²) in [6.45, 7) is 21.0. The van der Waals surface area contributed by atoms with E-state index in [1.54, 1.807) is 0 Å². The summed E-state index contributed by atoms with van der Waals surface area (Å²) in [6.07, 6.45) is 0. The van der Waals surface area contributed by atoms with Crippen LogP contribution in [0.2, 0.25) is 0 Å². The molecule has 0 aromatic carbocycles. The third kappa shape index (κ3) is 19.8. The van der Waals surface area contributed by atoms with Gasteiger partial charge < -0.3 is 18.1 Å². The highest BCUT2D eigenvalue weighted by Gasteiger charge is 2.11. The average Bonchev–Trinajstić information content (AvgIpc) is 2.44. The Labute approximate surface area is 132 Å². The molecule has 7 heteroatoms. The third-order valence-corrected chi connectivity index (χ3v) is 4.58. The largest absolute Gasteiger partial charge is 0.759 e. The summed E-state index contributed by atoms with van der Waals surface area (Å²) >= 11 is 0. The Balaban J connectivity index is -0.000000239. The number of quaternary nitrogens is 2. The van der Waals surface area contributed by atoms with Gasteiger partial charge in [-0.1, -0.05) is 0 Å². The van der Waals surface area contributed by atoms with Crippen LogP contribution < -0.4 is 0 Å². The Kier molecular flexibility index (Phi) is 15.1. The van der Waals surface area contributed by atoms with Gasteiger partial charge in [-0.3, -0.25) is 8.42 Å². The maximum Gasteiger partial charge on any atom is 0.0755 e. The second-order valence-corrected chi connectivity index (χ2v) is 6.36. The predicted molar refractivity (Wildman–Crippen MR) is 86.1 cm³/mol. The van der Waals surface area contributed by atoms with Crippen LogP contribution in [0, 0.1) is 0 Å². The summed E-state index contributed by atoms with van der Waals surface area (Å²) < 4.78 is 36.5. The molecule has 0 N–H and O–H groups in total. The molecule has 0 atom stereocenters. The summed E-state index contributed by atoms with van der Waals surface area (Å²) in [5.41, 5.74) is 0. The van der Waals surface area contributed by atoms with E-state index < -0.39 is 10.4 Å². The standard InChI is InChI=1S/2C7H18N.H2O4S/c2*1-5-8(4,6-2)7-3;1-5(2,3)4/h2*5-7H2,1-4H3;(H2,1,2,3,4)/q2*+1;/p-2. The molecule has 0 aliphatic carbocycles. The second kappa shape index (κ2) is 12.3. The number of hydrogen-bond donors (Lipinski definition) is 0. The van der Waals surface area contributed by atoms with E-state index in [0.29, 0.717) is 0 Å². The molecule has 0 saturated heterocycles. The summed E-state index contributed by atoms with van der Waals surface area (Å²) in [7, 11) is -0.583. The lowest BCUT2D eigenvalue weighted by atomic mass is 10.4. The van der Waals surface area contributed by atoms with Crippen LogP contribution in [0.3, 0.4) is 0 Å². The third-order valence-electron chi connectivity index (χ3n) is 4.58. The van der Waals surface area contributed by atoms with Crippen LogP contribution in [0.5, 0.6) is 0 Å². The highest BCUT2D eigenvalue weighted by atomic mass is 32.3. The maximum absolute atomic E-state index is 8.52. The molecule has 0 rings (SSSR count). The number of hydrogen-bond acceptors (Lipinski definition) is 4. The molecule has 0 aromatic heterocycles. The van der Waals surface area contributed by atoms with Gasteiger partial charge in [0.2, 0.25) is 0 Å². The van der Waals surface area contributed by atoms with Crippen molar-refractivity contribution >= 4 is 10.4 Å². The van der Waals surface area contributed by atoms with E-state index in [9.17, 15) is 0 Å². The molecule has 0 aromatic rings. The molecule has 0 amide bonds. The van der Waals surface area contributed by atoms with Crippen LogP contribution in [0.25, 0.3) is 0 Å². The normalized spacial score (nSPS) is 11.9. The fourth-order valence-electron chi connectivity index (χ4n) is 1.34. The smallest absolute Gasteiger partial charge is 0.0755 e. The topological polar surface area (TPSA) is 80.3 Å². The first-order chi connectivity index (χ1) is 9.36. The van der Waals surface area contributed by atoms with Crippen molar-refractivity contribution in [3.05, 3.63) is 0 Å². The Hall–Kier alpha value is -0.210. The van der Waals surface area contributed by atoms with Crippen molar-refractivity contribution in [2.24, 2.45) is 0 Å². The molecule has 0 aliphatic heterocycles. The van der Waals surface area contributed by atoms with E-state index in [2.05, 4.69) is 55.6 Å². The molecule has 0 spiro atoms. The lowest BCUT2D eigenvalue weighted by Crippen LogP contribution is -2.42. The summed E-state index contributed by atoms with van der Waals surface area (Å²) in [5.74, 6) is 0. The van der Waals surface area contributed by atoms with Gasteiger partial charge in [0.15, 0.2) is 0 Å². The van der Waals surface area contributed by atoms with E-state index in [1.165, 1.54) is 48.2 Å². The van der Waals surface area contributed by atoms with Crippen LogP contribution in [-0.2, 0) is 10.4 Å². The summed E-state index contributed by atoms with van der Waals surface area (Å²) in [6, 6.07) is 0. The zero-order valence-corrected chi connectivity index (χ0v) is 16.0. The van der Waals surface area contributed by atoms with Crippen LogP contribution in [0.15, 0.2) is 0 Å². The Morgan fingerprint density at radius 3 is 0.714 bits per heavy atom. The van der Waals surface area contributed by atoms with E-state index in [1.807, 2.05) is 0 Å². The zero-order valence-electron chi connectivity index (χ0n) is 15.2. The average molecular weight is 329 g/mol. The molecule has 21 heavy (non-hydrogen) atoms. The van der Waals surface area contributed by atoms with Crippen molar-refractivity contribution in [2.75, 3.05) is 53.4 Å². The van der Waals surface area contributed by atoms with Crippen molar-refractivity contribution in [3.8, 4) is 0 Å². The molecular weight excluding hydrogens is 292 g/mol. The molecule has 0 fully saturated rings. The van der Waals surface area contributed by atoms with Crippen molar-refractivity contribution in [2.45, 2.75) is 41.5 Å². The van der Waals surface area contributed by atoms with Gasteiger partial charge in [-0.15, -0.1) is 0 Å². The lowest BCUT2D eigenvalue weighted by Gasteiger charge is -2.30. The van der Waals surface area contributed by atoms with Crippen LogP contribution in [0.1, 0.15) is 41.5 Å². The van der Waals surface area contributed by atoms with E-state index in [-0.39, 0.29) is 0 Å². The monoisotopic (exact) mass is 328 g/mol. The molecule has 0 aliphatic rings. The molecule has 0 saturated carbocycles. The van der Waals surface area contributed by atoms with Crippen LogP contribution >= 0.6 is 0 Å². The fourth-order valence-corrected chi connectivity index (χ4v) is 1.34. The SMILES string of the molecule is CC[N+](C)(CC)CC.CC[N+](C)(CC)CC.O=S(=O)([O-])[O-]. The minimum atomic E-state index is -5.17. The van der Waals surface area contributed by atoms with E-state index in [4.69, 9.17) is 17.5 Å². The number of nitrogens with zero attached hydrogens (tertiary/aromatic N) is 2. The fraction of sp³-hybridized carbons (Fsp3) is 1.00. The Morgan fingerprint density at radius 1 is 0.619 bits per heavy atom. The summed E-state index contributed by atoms with van der Waals surface area (Å²) in [4.78, 5) is 0.